The van der Waals surface area contributed by atoms with Crippen LogP contribution in [-0.2, 0) is 4.79 Å². The first-order chi connectivity index (χ1) is 10.8. The van der Waals surface area contributed by atoms with Crippen molar-refractivity contribution in [3.8, 4) is 0 Å². The van der Waals surface area contributed by atoms with Gasteiger partial charge in [-0.25, -0.2) is 0 Å². The maximum absolute atomic E-state index is 12.0. The highest BCUT2D eigenvalue weighted by Gasteiger charge is 2.61. The smallest absolute Gasteiger partial charge is 0.158 e. The van der Waals surface area contributed by atoms with Crippen LogP contribution in [0.5, 0.6) is 0 Å². The van der Waals surface area contributed by atoms with Crippen LogP contribution in [0.3, 0.4) is 0 Å². The highest BCUT2D eigenvalue weighted by molar-refractivity contribution is 5.92. The summed E-state index contributed by atoms with van der Waals surface area (Å²) in [5.41, 5.74) is 1.60. The van der Waals surface area contributed by atoms with Crippen molar-refractivity contribution in [1.82, 2.24) is 0 Å². The van der Waals surface area contributed by atoms with E-state index in [-0.39, 0.29) is 11.2 Å². The fraction of sp³-hybridized carbons (Fsp3) is 0.857. The SMILES string of the molecule is CC1CC2=CC(=O)CC(O)[C@]2(C)[C@H]2CC[C@]3(C)C(C)CC[C@H]3[C@H]12. The number of carbonyl (C=O) groups is 1. The summed E-state index contributed by atoms with van der Waals surface area (Å²) in [6.07, 6.45) is 8.03. The van der Waals surface area contributed by atoms with Crippen molar-refractivity contribution in [3.05, 3.63) is 11.6 Å². The minimum absolute atomic E-state index is 0.130. The Labute approximate surface area is 140 Å². The van der Waals surface area contributed by atoms with E-state index in [1.54, 1.807) is 0 Å². The molecule has 0 radical (unpaired) electrons. The van der Waals surface area contributed by atoms with Crippen LogP contribution in [-0.4, -0.2) is 17.0 Å². The fourth-order valence-corrected chi connectivity index (χ4v) is 7.22. The van der Waals surface area contributed by atoms with Gasteiger partial charge in [0.2, 0.25) is 0 Å². The molecule has 1 N–H and O–H groups in total. The summed E-state index contributed by atoms with van der Waals surface area (Å²) in [7, 11) is 0. The molecule has 4 aliphatic carbocycles. The van der Waals surface area contributed by atoms with Crippen molar-refractivity contribution in [3.63, 3.8) is 0 Å². The lowest BCUT2D eigenvalue weighted by molar-refractivity contribution is -0.131. The number of aliphatic hydroxyl groups excluding tert-OH is 1. The van der Waals surface area contributed by atoms with E-state index in [0.29, 0.717) is 23.7 Å². The minimum atomic E-state index is -0.474. The normalized spacial score (nSPS) is 55.7. The van der Waals surface area contributed by atoms with E-state index in [9.17, 15) is 9.90 Å². The zero-order valence-corrected chi connectivity index (χ0v) is 15.1. The lowest BCUT2D eigenvalue weighted by atomic mass is 9.44. The molecule has 0 heterocycles. The standard InChI is InChI=1S/C21H32O2/c1-12-9-14-10-15(22)11-18(23)21(14,4)17-7-8-20(3)13(2)5-6-16(20)19(12)17/h10,12-13,16-19,23H,5-9,11H2,1-4H3/t12?,13?,16-,17-,18?,19-,20+,21-/m0/s1. The molecule has 8 atom stereocenters. The third-order valence-electron chi connectivity index (χ3n) is 8.89. The van der Waals surface area contributed by atoms with Gasteiger partial charge in [-0.15, -0.1) is 0 Å². The summed E-state index contributed by atoms with van der Waals surface area (Å²) >= 11 is 0. The van der Waals surface area contributed by atoms with Crippen LogP contribution in [0.4, 0.5) is 0 Å². The summed E-state index contributed by atoms with van der Waals surface area (Å²) in [6, 6.07) is 0. The highest BCUT2D eigenvalue weighted by Crippen LogP contribution is 2.67. The molecule has 128 valence electrons. The fourth-order valence-electron chi connectivity index (χ4n) is 7.22. The zero-order chi connectivity index (χ0) is 16.6. The Morgan fingerprint density at radius 3 is 2.57 bits per heavy atom. The van der Waals surface area contributed by atoms with Crippen LogP contribution in [0, 0.1) is 40.4 Å². The minimum Gasteiger partial charge on any atom is -0.392 e. The monoisotopic (exact) mass is 316 g/mol. The second-order valence-electron chi connectivity index (χ2n) is 9.63. The average Bonchev–Trinajstić information content (AvgIpc) is 2.78. The Hall–Kier alpha value is -0.630. The number of rotatable bonds is 0. The van der Waals surface area contributed by atoms with Crippen LogP contribution >= 0.6 is 0 Å². The summed E-state index contributed by atoms with van der Waals surface area (Å²) in [6.45, 7) is 9.65. The molecular weight excluding hydrogens is 284 g/mol. The van der Waals surface area contributed by atoms with Crippen molar-refractivity contribution in [2.24, 2.45) is 40.4 Å². The molecule has 4 rings (SSSR count). The van der Waals surface area contributed by atoms with Crippen molar-refractivity contribution >= 4 is 5.78 Å². The predicted molar refractivity (Wildman–Crippen MR) is 91.8 cm³/mol. The summed E-state index contributed by atoms with van der Waals surface area (Å²) in [4.78, 5) is 12.0. The molecular formula is C21H32O2. The maximum Gasteiger partial charge on any atom is 0.158 e. The Bertz CT molecular complexity index is 564. The van der Waals surface area contributed by atoms with Gasteiger partial charge in [0.15, 0.2) is 5.78 Å². The van der Waals surface area contributed by atoms with Gasteiger partial charge in [-0.1, -0.05) is 33.3 Å². The zero-order valence-electron chi connectivity index (χ0n) is 15.1. The molecule has 23 heavy (non-hydrogen) atoms. The average molecular weight is 316 g/mol. The van der Waals surface area contributed by atoms with Gasteiger partial charge in [0.25, 0.3) is 0 Å². The van der Waals surface area contributed by atoms with Gasteiger partial charge in [0.1, 0.15) is 0 Å². The molecule has 4 aliphatic rings. The molecule has 2 heteroatoms. The van der Waals surface area contributed by atoms with Crippen molar-refractivity contribution in [2.45, 2.75) is 72.3 Å². The Balaban J connectivity index is 1.77. The molecule has 3 saturated carbocycles. The molecule has 0 bridgehead atoms. The largest absolute Gasteiger partial charge is 0.392 e. The number of carbonyl (C=O) groups excluding carboxylic acids is 1. The van der Waals surface area contributed by atoms with Gasteiger partial charge in [-0.2, -0.15) is 0 Å². The highest BCUT2D eigenvalue weighted by atomic mass is 16.3. The maximum atomic E-state index is 12.0. The first kappa shape index (κ1) is 15.9. The third-order valence-corrected chi connectivity index (χ3v) is 8.89. The van der Waals surface area contributed by atoms with E-state index in [2.05, 4.69) is 27.7 Å². The predicted octanol–water partition coefficient (Wildman–Crippen LogP) is 4.37. The third kappa shape index (κ3) is 1.94. The molecule has 0 amide bonds. The van der Waals surface area contributed by atoms with Crippen LogP contribution in [0.25, 0.3) is 0 Å². The van der Waals surface area contributed by atoms with Gasteiger partial charge >= 0.3 is 0 Å². The van der Waals surface area contributed by atoms with Crippen molar-refractivity contribution in [1.29, 1.82) is 0 Å². The summed E-state index contributed by atoms with van der Waals surface area (Å²) < 4.78 is 0. The summed E-state index contributed by atoms with van der Waals surface area (Å²) in [5, 5.41) is 10.9. The van der Waals surface area contributed by atoms with Gasteiger partial charge in [0.05, 0.1) is 6.10 Å². The van der Waals surface area contributed by atoms with Gasteiger partial charge in [-0.3, -0.25) is 4.79 Å². The van der Waals surface area contributed by atoms with Crippen molar-refractivity contribution in [2.75, 3.05) is 0 Å². The Morgan fingerprint density at radius 1 is 1.09 bits per heavy atom. The lowest BCUT2D eigenvalue weighted by Crippen LogP contribution is -2.57. The van der Waals surface area contributed by atoms with Gasteiger partial charge in [-0.05, 0) is 73.2 Å². The van der Waals surface area contributed by atoms with Crippen LogP contribution in [0.15, 0.2) is 11.6 Å². The van der Waals surface area contributed by atoms with E-state index in [0.717, 1.165) is 24.2 Å². The Morgan fingerprint density at radius 2 is 1.83 bits per heavy atom. The topological polar surface area (TPSA) is 37.3 Å². The van der Waals surface area contributed by atoms with Crippen LogP contribution < -0.4 is 0 Å². The van der Waals surface area contributed by atoms with E-state index >= 15 is 0 Å². The van der Waals surface area contributed by atoms with Gasteiger partial charge < -0.3 is 5.11 Å². The van der Waals surface area contributed by atoms with E-state index in [4.69, 9.17) is 0 Å². The molecule has 0 aromatic rings. The number of ketones is 1. The molecule has 0 aromatic carbocycles. The summed E-state index contributed by atoms with van der Waals surface area (Å²) in [5.74, 6) is 3.71. The number of aliphatic hydroxyl groups is 1. The Kier molecular flexibility index (Phi) is 3.41. The molecule has 0 saturated heterocycles. The molecule has 3 unspecified atom stereocenters. The molecule has 0 spiro atoms. The van der Waals surface area contributed by atoms with E-state index in [1.165, 1.54) is 31.3 Å². The lowest BCUT2D eigenvalue weighted by Gasteiger charge is -2.61. The number of hydrogen-bond acceptors (Lipinski definition) is 2. The second-order valence-corrected chi connectivity index (χ2v) is 9.63. The molecule has 0 aliphatic heterocycles. The second kappa shape index (κ2) is 4.94. The molecule has 0 aromatic heterocycles. The number of fused-ring (bicyclic) bond motifs is 5. The first-order valence-corrected chi connectivity index (χ1v) is 9.70. The van der Waals surface area contributed by atoms with Crippen LogP contribution in [0.2, 0.25) is 0 Å². The van der Waals surface area contributed by atoms with E-state index < -0.39 is 6.10 Å². The molecule has 2 nitrogen and oxygen atoms in total. The quantitative estimate of drug-likeness (QED) is 0.720. The van der Waals surface area contributed by atoms with E-state index in [1.807, 2.05) is 6.08 Å². The first-order valence-electron chi connectivity index (χ1n) is 9.70. The van der Waals surface area contributed by atoms with Gasteiger partial charge in [0, 0.05) is 11.8 Å². The number of hydrogen-bond donors (Lipinski definition) is 1. The van der Waals surface area contributed by atoms with Crippen molar-refractivity contribution < 1.29 is 9.90 Å². The molecule has 3 fully saturated rings. The van der Waals surface area contributed by atoms with Crippen LogP contribution in [0.1, 0.15) is 66.2 Å².